The molecule has 2 nitrogen and oxygen atoms in total. The van der Waals surface area contributed by atoms with E-state index in [1.165, 1.54) is 11.1 Å². The molecule has 0 heterocycles. The zero-order valence-corrected chi connectivity index (χ0v) is 17.1. The van der Waals surface area contributed by atoms with Crippen LogP contribution in [0.3, 0.4) is 0 Å². The van der Waals surface area contributed by atoms with Crippen LogP contribution < -0.4 is 10.6 Å². The Labute approximate surface area is 163 Å². The Kier molecular flexibility index (Phi) is 7.53. The maximum atomic E-state index is 6.07. The van der Waals surface area contributed by atoms with Crippen molar-refractivity contribution in [1.29, 1.82) is 0 Å². The lowest BCUT2D eigenvalue weighted by Crippen LogP contribution is -2.29. The van der Waals surface area contributed by atoms with Crippen LogP contribution in [0.2, 0.25) is 5.02 Å². The van der Waals surface area contributed by atoms with Crippen LogP contribution in [0.25, 0.3) is 0 Å². The van der Waals surface area contributed by atoms with Crippen LogP contribution in [0.1, 0.15) is 37.3 Å². The van der Waals surface area contributed by atoms with Gasteiger partial charge in [-0.15, -0.1) is 0 Å². The third-order valence-corrected chi connectivity index (χ3v) is 5.23. The van der Waals surface area contributed by atoms with Gasteiger partial charge in [-0.25, -0.2) is 0 Å². The molecule has 0 fully saturated rings. The van der Waals surface area contributed by atoms with Crippen molar-refractivity contribution in [2.45, 2.75) is 32.6 Å². The third kappa shape index (κ3) is 6.08. The van der Waals surface area contributed by atoms with Crippen LogP contribution in [0, 0.1) is 0 Å². The van der Waals surface area contributed by atoms with Gasteiger partial charge in [0.05, 0.1) is 5.02 Å². The molecule has 0 bridgehead atoms. The van der Waals surface area contributed by atoms with Crippen molar-refractivity contribution in [3.63, 3.8) is 0 Å². The predicted octanol–water partition coefficient (Wildman–Crippen LogP) is 6.15. The Morgan fingerprint density at radius 2 is 1.88 bits per heavy atom. The van der Waals surface area contributed by atoms with Crippen molar-refractivity contribution in [2.75, 3.05) is 11.9 Å². The first-order chi connectivity index (χ1) is 11.5. The van der Waals surface area contributed by atoms with Gasteiger partial charge in [0.1, 0.15) is 0 Å². The molecular weight excluding hydrogens is 404 g/mol. The molecule has 0 unspecified atom stereocenters. The van der Waals surface area contributed by atoms with E-state index in [1.807, 2.05) is 18.2 Å². The van der Waals surface area contributed by atoms with Crippen LogP contribution in [0.15, 0.2) is 46.9 Å². The summed E-state index contributed by atoms with van der Waals surface area (Å²) in [6, 6.07) is 14.5. The summed E-state index contributed by atoms with van der Waals surface area (Å²) in [5, 5.41) is 7.65. The van der Waals surface area contributed by atoms with Crippen LogP contribution in [-0.4, -0.2) is 11.7 Å². The molecule has 2 aromatic carbocycles. The molecular formula is C19H22BrClN2S. The van der Waals surface area contributed by atoms with Crippen LogP contribution in [0.4, 0.5) is 5.69 Å². The van der Waals surface area contributed by atoms with Gasteiger partial charge in [-0.1, -0.05) is 49.7 Å². The second kappa shape index (κ2) is 9.40. The fourth-order valence-corrected chi connectivity index (χ4v) is 2.96. The number of rotatable bonds is 6. The second-order valence-electron chi connectivity index (χ2n) is 6.01. The third-order valence-electron chi connectivity index (χ3n) is 3.75. The highest BCUT2D eigenvalue weighted by atomic mass is 79.9. The Morgan fingerprint density at radius 1 is 1.17 bits per heavy atom. The summed E-state index contributed by atoms with van der Waals surface area (Å²) in [6.45, 7) is 5.26. The summed E-state index contributed by atoms with van der Waals surface area (Å²) in [5.41, 5.74) is 3.63. The van der Waals surface area contributed by atoms with Gasteiger partial charge in [-0.2, -0.15) is 0 Å². The van der Waals surface area contributed by atoms with Crippen LogP contribution >= 0.6 is 39.7 Å². The molecule has 2 N–H and O–H groups in total. The van der Waals surface area contributed by atoms with Gasteiger partial charge in [0.15, 0.2) is 5.11 Å². The van der Waals surface area contributed by atoms with E-state index in [4.69, 9.17) is 23.8 Å². The largest absolute Gasteiger partial charge is 0.362 e. The minimum atomic E-state index is 0.580. The lowest BCUT2D eigenvalue weighted by Gasteiger charge is -2.11. The lowest BCUT2D eigenvalue weighted by atomic mass is 10.0. The molecule has 0 radical (unpaired) electrons. The highest BCUT2D eigenvalue weighted by Gasteiger charge is 2.02. The van der Waals surface area contributed by atoms with E-state index in [1.54, 1.807) is 0 Å². The first-order valence-corrected chi connectivity index (χ1v) is 9.62. The van der Waals surface area contributed by atoms with E-state index in [9.17, 15) is 0 Å². The van der Waals surface area contributed by atoms with E-state index in [2.05, 4.69) is 64.7 Å². The minimum absolute atomic E-state index is 0.580. The SMILES string of the molecule is CC(C)c1ccc(CCCNC(=S)Nc2ccc(Br)c(Cl)c2)cc1. The molecule has 5 heteroatoms. The highest BCUT2D eigenvalue weighted by Crippen LogP contribution is 2.25. The Balaban J connectivity index is 1.71. The van der Waals surface area contributed by atoms with Gasteiger partial charge in [0.2, 0.25) is 0 Å². The number of nitrogens with one attached hydrogen (secondary N) is 2. The molecule has 128 valence electrons. The molecule has 2 aromatic rings. The summed E-state index contributed by atoms with van der Waals surface area (Å²) < 4.78 is 0.872. The number of aryl methyl sites for hydroxylation is 1. The summed E-state index contributed by atoms with van der Waals surface area (Å²) >= 11 is 14.8. The molecule has 0 aliphatic rings. The normalized spacial score (nSPS) is 10.7. The predicted molar refractivity (Wildman–Crippen MR) is 112 cm³/mol. The average Bonchev–Trinajstić information content (AvgIpc) is 2.55. The lowest BCUT2D eigenvalue weighted by molar-refractivity contribution is 0.776. The van der Waals surface area contributed by atoms with Crippen molar-refractivity contribution in [2.24, 2.45) is 0 Å². The average molecular weight is 426 g/mol. The molecule has 0 aliphatic heterocycles. The van der Waals surface area contributed by atoms with Gasteiger partial charge in [-0.05, 0) is 76.2 Å². The Morgan fingerprint density at radius 3 is 2.50 bits per heavy atom. The molecule has 24 heavy (non-hydrogen) atoms. The van der Waals surface area contributed by atoms with E-state index >= 15 is 0 Å². The second-order valence-corrected chi connectivity index (χ2v) is 7.68. The van der Waals surface area contributed by atoms with Crippen molar-refractivity contribution in [3.05, 3.63) is 63.1 Å². The van der Waals surface area contributed by atoms with E-state index in [-0.39, 0.29) is 0 Å². The molecule has 0 saturated carbocycles. The van der Waals surface area contributed by atoms with Gasteiger partial charge in [0.25, 0.3) is 0 Å². The van der Waals surface area contributed by atoms with Crippen molar-refractivity contribution < 1.29 is 0 Å². The molecule has 2 rings (SSSR count). The van der Waals surface area contributed by atoms with Gasteiger partial charge < -0.3 is 10.6 Å². The maximum absolute atomic E-state index is 6.07. The molecule has 0 amide bonds. The zero-order chi connectivity index (χ0) is 17.5. The summed E-state index contributed by atoms with van der Waals surface area (Å²) in [6.07, 6.45) is 2.07. The smallest absolute Gasteiger partial charge is 0.170 e. The molecule has 0 atom stereocenters. The van der Waals surface area contributed by atoms with Crippen molar-refractivity contribution in [3.8, 4) is 0 Å². The Hall–Kier alpha value is -1.10. The quantitative estimate of drug-likeness (QED) is 0.429. The maximum Gasteiger partial charge on any atom is 0.170 e. The fraction of sp³-hybridized carbons (Fsp3) is 0.316. The van der Waals surface area contributed by atoms with Gasteiger partial charge >= 0.3 is 0 Å². The first kappa shape index (κ1) is 19.2. The van der Waals surface area contributed by atoms with Crippen LogP contribution in [0.5, 0.6) is 0 Å². The van der Waals surface area contributed by atoms with Crippen LogP contribution in [-0.2, 0) is 6.42 Å². The number of hydrogen-bond donors (Lipinski definition) is 2. The fourth-order valence-electron chi connectivity index (χ4n) is 2.31. The topological polar surface area (TPSA) is 24.1 Å². The first-order valence-electron chi connectivity index (χ1n) is 8.04. The van der Waals surface area contributed by atoms with Gasteiger partial charge in [-0.3, -0.25) is 0 Å². The zero-order valence-electron chi connectivity index (χ0n) is 13.9. The molecule has 0 aromatic heterocycles. The number of halogens is 2. The monoisotopic (exact) mass is 424 g/mol. The Bertz CT molecular complexity index is 686. The summed E-state index contributed by atoms with van der Waals surface area (Å²) in [5.74, 6) is 0.580. The molecule has 0 aliphatic carbocycles. The standard InChI is InChI=1S/C19H22BrClN2S/c1-13(2)15-7-5-14(6-8-15)4-3-11-22-19(24)23-16-9-10-17(20)18(21)12-16/h5-10,12-13H,3-4,11H2,1-2H3,(H2,22,23,24). The van der Waals surface area contributed by atoms with E-state index in [0.717, 1.165) is 29.5 Å². The molecule has 0 spiro atoms. The molecule has 0 saturated heterocycles. The number of benzene rings is 2. The van der Waals surface area contributed by atoms with Gasteiger partial charge in [0, 0.05) is 16.7 Å². The highest BCUT2D eigenvalue weighted by molar-refractivity contribution is 9.10. The van der Waals surface area contributed by atoms with Crippen molar-refractivity contribution in [1.82, 2.24) is 5.32 Å². The van der Waals surface area contributed by atoms with E-state index < -0.39 is 0 Å². The number of anilines is 1. The minimum Gasteiger partial charge on any atom is -0.362 e. The number of hydrogen-bond acceptors (Lipinski definition) is 1. The van der Waals surface area contributed by atoms with Crippen molar-refractivity contribution >= 4 is 50.5 Å². The number of thiocarbonyl (C=S) groups is 1. The summed E-state index contributed by atoms with van der Waals surface area (Å²) in [4.78, 5) is 0. The summed E-state index contributed by atoms with van der Waals surface area (Å²) in [7, 11) is 0. The van der Waals surface area contributed by atoms with E-state index in [0.29, 0.717) is 16.1 Å².